The Labute approximate surface area is 387 Å². The van der Waals surface area contributed by atoms with Crippen LogP contribution in [0.15, 0.2) is 0 Å². The highest BCUT2D eigenvalue weighted by molar-refractivity contribution is 5.71. The second-order valence-corrected chi connectivity index (χ2v) is 20.2. The molecule has 368 valence electrons. The Bertz CT molecular complexity index is 947. The van der Waals surface area contributed by atoms with Crippen LogP contribution in [0.4, 0.5) is 0 Å². The third-order valence-electron chi connectivity index (χ3n) is 12.7. The summed E-state index contributed by atoms with van der Waals surface area (Å²) in [5, 5.41) is 0. The molecule has 0 N–H and O–H groups in total. The normalized spacial score (nSPS) is 12.0. The first-order chi connectivity index (χ1) is 30.2. The molecule has 1 atom stereocenters. The van der Waals surface area contributed by atoms with E-state index in [1.807, 2.05) is 0 Å². The zero-order valence-corrected chi connectivity index (χ0v) is 42.5. The van der Waals surface area contributed by atoms with Gasteiger partial charge in [0.15, 0.2) is 6.10 Å². The van der Waals surface area contributed by atoms with Crippen molar-refractivity contribution in [1.82, 2.24) is 0 Å². The maximum absolute atomic E-state index is 12.8. The van der Waals surface area contributed by atoms with E-state index >= 15 is 0 Å². The maximum atomic E-state index is 12.8. The molecule has 0 rings (SSSR count). The Balaban J connectivity index is 4.28. The molecular formula is C56H108O6. The van der Waals surface area contributed by atoms with Crippen molar-refractivity contribution in [2.75, 3.05) is 13.2 Å². The van der Waals surface area contributed by atoms with Crippen molar-refractivity contribution in [2.24, 2.45) is 11.8 Å². The van der Waals surface area contributed by atoms with E-state index in [0.29, 0.717) is 19.3 Å². The van der Waals surface area contributed by atoms with Crippen molar-refractivity contribution in [3.63, 3.8) is 0 Å². The summed E-state index contributed by atoms with van der Waals surface area (Å²) in [4.78, 5) is 38.0. The standard InChI is InChI=1S/C56H108O6/c1-6-7-8-9-10-11-12-13-14-15-16-19-23-26-33-38-43-48-56(59)62-53(50-61-55(58)47-42-37-32-28-27-30-35-40-45-52(4)5)49-60-54(57)46-41-36-31-25-22-20-17-18-21-24-29-34-39-44-51(2)3/h51-53H,6-50H2,1-5H3/t53-/m1/s1. The van der Waals surface area contributed by atoms with Crippen molar-refractivity contribution in [3.05, 3.63) is 0 Å². The van der Waals surface area contributed by atoms with E-state index in [9.17, 15) is 14.4 Å². The van der Waals surface area contributed by atoms with E-state index in [-0.39, 0.29) is 31.1 Å². The molecule has 6 heteroatoms. The molecule has 0 unspecified atom stereocenters. The highest BCUT2D eigenvalue weighted by Crippen LogP contribution is 2.18. The lowest BCUT2D eigenvalue weighted by Gasteiger charge is -2.18. The molecule has 0 saturated heterocycles. The van der Waals surface area contributed by atoms with Crippen LogP contribution in [-0.4, -0.2) is 37.2 Å². The van der Waals surface area contributed by atoms with E-state index in [4.69, 9.17) is 14.2 Å². The fraction of sp³-hybridized carbons (Fsp3) is 0.946. The van der Waals surface area contributed by atoms with Gasteiger partial charge in [-0.1, -0.05) is 272 Å². The Kier molecular flexibility index (Phi) is 47.6. The molecule has 0 aromatic heterocycles. The molecule has 0 radical (unpaired) electrons. The van der Waals surface area contributed by atoms with Gasteiger partial charge in [-0.3, -0.25) is 14.4 Å². The maximum Gasteiger partial charge on any atom is 0.306 e. The molecule has 0 spiro atoms. The minimum absolute atomic E-state index is 0.0635. The lowest BCUT2D eigenvalue weighted by molar-refractivity contribution is -0.167. The summed E-state index contributed by atoms with van der Waals surface area (Å²) in [6.07, 6.45) is 51.0. The number of rotatable bonds is 50. The fourth-order valence-electron chi connectivity index (χ4n) is 8.52. The van der Waals surface area contributed by atoms with Crippen LogP contribution in [0, 0.1) is 11.8 Å². The van der Waals surface area contributed by atoms with Gasteiger partial charge in [0.25, 0.3) is 0 Å². The number of hydrogen-bond donors (Lipinski definition) is 0. The molecule has 0 aliphatic heterocycles. The van der Waals surface area contributed by atoms with Crippen LogP contribution in [0.1, 0.15) is 311 Å². The molecule has 0 heterocycles. The molecule has 0 fully saturated rings. The summed E-state index contributed by atoms with van der Waals surface area (Å²) in [7, 11) is 0. The van der Waals surface area contributed by atoms with Gasteiger partial charge < -0.3 is 14.2 Å². The van der Waals surface area contributed by atoms with E-state index in [0.717, 1.165) is 69.6 Å². The van der Waals surface area contributed by atoms with Crippen molar-refractivity contribution in [2.45, 2.75) is 317 Å². The first-order valence-electron chi connectivity index (χ1n) is 27.7. The van der Waals surface area contributed by atoms with Crippen LogP contribution in [0.25, 0.3) is 0 Å². The van der Waals surface area contributed by atoms with Gasteiger partial charge >= 0.3 is 17.9 Å². The van der Waals surface area contributed by atoms with Crippen LogP contribution >= 0.6 is 0 Å². The Hall–Kier alpha value is -1.59. The van der Waals surface area contributed by atoms with Gasteiger partial charge in [0, 0.05) is 19.3 Å². The monoisotopic (exact) mass is 877 g/mol. The summed E-state index contributed by atoms with van der Waals surface area (Å²) in [5.41, 5.74) is 0. The Morgan fingerprint density at radius 1 is 0.306 bits per heavy atom. The second-order valence-electron chi connectivity index (χ2n) is 20.2. The molecule has 6 nitrogen and oxygen atoms in total. The topological polar surface area (TPSA) is 78.9 Å². The fourth-order valence-corrected chi connectivity index (χ4v) is 8.52. The van der Waals surface area contributed by atoms with Crippen LogP contribution in [0.5, 0.6) is 0 Å². The van der Waals surface area contributed by atoms with Gasteiger partial charge in [-0.05, 0) is 31.1 Å². The number of carbonyl (C=O) groups is 3. The zero-order chi connectivity index (χ0) is 45.4. The number of carbonyl (C=O) groups excluding carboxylic acids is 3. The van der Waals surface area contributed by atoms with Crippen LogP contribution in [0.2, 0.25) is 0 Å². The summed E-state index contributed by atoms with van der Waals surface area (Å²) in [5.74, 6) is 0.791. The van der Waals surface area contributed by atoms with Gasteiger partial charge in [-0.25, -0.2) is 0 Å². The average Bonchev–Trinajstić information content (AvgIpc) is 3.24. The third-order valence-corrected chi connectivity index (χ3v) is 12.7. The van der Waals surface area contributed by atoms with Gasteiger partial charge in [-0.15, -0.1) is 0 Å². The van der Waals surface area contributed by atoms with Gasteiger partial charge in [-0.2, -0.15) is 0 Å². The highest BCUT2D eigenvalue weighted by Gasteiger charge is 2.19. The van der Waals surface area contributed by atoms with E-state index < -0.39 is 6.10 Å². The summed E-state index contributed by atoms with van der Waals surface area (Å²) in [6, 6.07) is 0. The smallest absolute Gasteiger partial charge is 0.306 e. The Morgan fingerprint density at radius 3 is 0.790 bits per heavy atom. The highest BCUT2D eigenvalue weighted by atomic mass is 16.6. The molecule has 62 heavy (non-hydrogen) atoms. The number of hydrogen-bond acceptors (Lipinski definition) is 6. The molecule has 0 aromatic rings. The lowest BCUT2D eigenvalue weighted by atomic mass is 10.0. The second kappa shape index (κ2) is 48.9. The predicted octanol–water partition coefficient (Wildman–Crippen LogP) is 18.1. The first-order valence-corrected chi connectivity index (χ1v) is 27.7. The van der Waals surface area contributed by atoms with Crippen molar-refractivity contribution in [3.8, 4) is 0 Å². The van der Waals surface area contributed by atoms with E-state index in [1.54, 1.807) is 0 Å². The predicted molar refractivity (Wildman–Crippen MR) is 266 cm³/mol. The molecule has 0 amide bonds. The van der Waals surface area contributed by atoms with E-state index in [1.165, 1.54) is 199 Å². The third kappa shape index (κ3) is 49.4. The lowest BCUT2D eigenvalue weighted by Crippen LogP contribution is -2.30. The van der Waals surface area contributed by atoms with E-state index in [2.05, 4.69) is 34.6 Å². The summed E-state index contributed by atoms with van der Waals surface area (Å²) < 4.78 is 16.8. The largest absolute Gasteiger partial charge is 0.462 e. The Morgan fingerprint density at radius 2 is 0.532 bits per heavy atom. The number of esters is 3. The van der Waals surface area contributed by atoms with Crippen molar-refractivity contribution in [1.29, 1.82) is 0 Å². The number of unbranched alkanes of at least 4 members (excludes halogenated alkanes) is 35. The minimum Gasteiger partial charge on any atom is -0.462 e. The SMILES string of the molecule is CCCCCCCCCCCCCCCCCCCC(=O)O[C@H](COC(=O)CCCCCCCCCCCCCCCC(C)C)COC(=O)CCCCCCCCCCC(C)C. The average molecular weight is 877 g/mol. The molecule has 0 aliphatic rings. The zero-order valence-electron chi connectivity index (χ0n) is 42.5. The molecular weight excluding hydrogens is 769 g/mol. The molecule has 0 saturated carbocycles. The summed E-state index contributed by atoms with van der Waals surface area (Å²) in [6.45, 7) is 11.4. The van der Waals surface area contributed by atoms with Gasteiger partial charge in [0.05, 0.1) is 0 Å². The first kappa shape index (κ1) is 60.4. The van der Waals surface area contributed by atoms with Crippen LogP contribution in [0.3, 0.4) is 0 Å². The number of ether oxygens (including phenoxy) is 3. The van der Waals surface area contributed by atoms with Gasteiger partial charge in [0.1, 0.15) is 13.2 Å². The summed E-state index contributed by atoms with van der Waals surface area (Å²) >= 11 is 0. The minimum atomic E-state index is -0.762. The van der Waals surface area contributed by atoms with Crippen molar-refractivity contribution >= 4 is 17.9 Å². The van der Waals surface area contributed by atoms with Crippen LogP contribution < -0.4 is 0 Å². The van der Waals surface area contributed by atoms with Gasteiger partial charge in [0.2, 0.25) is 0 Å². The van der Waals surface area contributed by atoms with Crippen LogP contribution in [-0.2, 0) is 28.6 Å². The molecule has 0 aromatic carbocycles. The van der Waals surface area contributed by atoms with Crippen molar-refractivity contribution < 1.29 is 28.6 Å². The quantitative estimate of drug-likeness (QED) is 0.0344. The molecule has 0 bridgehead atoms. The molecule has 0 aliphatic carbocycles.